The number of ether oxygens (including phenoxy) is 3. The van der Waals surface area contributed by atoms with E-state index in [-0.39, 0.29) is 12.1 Å². The van der Waals surface area contributed by atoms with E-state index >= 15 is 0 Å². The molecule has 0 amide bonds. The third-order valence-corrected chi connectivity index (χ3v) is 4.83. The third-order valence-electron chi connectivity index (χ3n) is 4.03. The van der Waals surface area contributed by atoms with Crippen molar-refractivity contribution in [2.75, 3.05) is 26.9 Å². The van der Waals surface area contributed by atoms with Crippen LogP contribution in [0.25, 0.3) is 0 Å². The molecule has 3 rings (SSSR count). The first-order valence-corrected chi connectivity index (χ1v) is 8.96. The summed E-state index contributed by atoms with van der Waals surface area (Å²) in [6.07, 6.45) is 3.95. The van der Waals surface area contributed by atoms with E-state index in [0.717, 1.165) is 6.42 Å². The fourth-order valence-electron chi connectivity index (χ4n) is 2.74. The van der Waals surface area contributed by atoms with Crippen LogP contribution in [0.2, 0.25) is 0 Å². The highest BCUT2D eigenvalue weighted by Gasteiger charge is 2.31. The molecule has 2 atom stereocenters. The zero-order valence-corrected chi connectivity index (χ0v) is 15.0. The van der Waals surface area contributed by atoms with Gasteiger partial charge in [0.1, 0.15) is 12.7 Å². The van der Waals surface area contributed by atoms with Crippen LogP contribution in [0.4, 0.5) is 4.39 Å². The average Bonchev–Trinajstić information content (AvgIpc) is 3.16. The summed E-state index contributed by atoms with van der Waals surface area (Å²) in [7, 11) is 1.61. The molecule has 0 N–H and O–H groups in total. The van der Waals surface area contributed by atoms with E-state index in [0.29, 0.717) is 49.0 Å². The van der Waals surface area contributed by atoms with Gasteiger partial charge >= 0.3 is 0 Å². The number of thiazole rings is 1. The number of hydrogen-bond donors (Lipinski definition) is 0. The Morgan fingerprint density at radius 3 is 2.72 bits per heavy atom. The minimum atomic E-state index is -0.378. The minimum Gasteiger partial charge on any atom is -0.474 e. The molecular weight excluding hydrogens is 347 g/mol. The van der Waals surface area contributed by atoms with E-state index in [1.165, 1.54) is 23.0 Å². The molecule has 0 bridgehead atoms. The van der Waals surface area contributed by atoms with Gasteiger partial charge in [-0.25, -0.2) is 15.0 Å². The van der Waals surface area contributed by atoms with Crippen LogP contribution in [-0.4, -0.2) is 58.9 Å². The fraction of sp³-hybridized carbons (Fsp3) is 0.562. The van der Waals surface area contributed by atoms with Crippen LogP contribution in [0.5, 0.6) is 11.8 Å². The highest BCUT2D eigenvalue weighted by Crippen LogP contribution is 2.25. The number of likely N-dealkylation sites (tertiary alicyclic amines) is 1. The van der Waals surface area contributed by atoms with Gasteiger partial charge in [-0.2, -0.15) is 4.39 Å². The van der Waals surface area contributed by atoms with Crippen LogP contribution < -0.4 is 9.47 Å². The zero-order valence-electron chi connectivity index (χ0n) is 14.2. The molecule has 9 heteroatoms. The zero-order chi connectivity index (χ0) is 17.6. The Labute approximate surface area is 149 Å². The van der Waals surface area contributed by atoms with Crippen molar-refractivity contribution in [2.24, 2.45) is 0 Å². The second-order valence-electron chi connectivity index (χ2n) is 5.85. The molecule has 2 aromatic rings. The second kappa shape index (κ2) is 8.50. The lowest BCUT2D eigenvalue weighted by atomic mass is 10.2. The van der Waals surface area contributed by atoms with Gasteiger partial charge in [0.2, 0.25) is 17.7 Å². The summed E-state index contributed by atoms with van der Waals surface area (Å²) >= 11 is 1.34. The summed E-state index contributed by atoms with van der Waals surface area (Å²) in [5.41, 5.74) is 1.53. The van der Waals surface area contributed by atoms with E-state index in [2.05, 4.69) is 26.8 Å². The molecule has 25 heavy (non-hydrogen) atoms. The smallest absolute Gasteiger partial charge is 0.232 e. The van der Waals surface area contributed by atoms with Crippen LogP contribution >= 0.6 is 11.3 Å². The van der Waals surface area contributed by atoms with E-state index < -0.39 is 0 Å². The van der Waals surface area contributed by atoms with Gasteiger partial charge in [-0.1, -0.05) is 0 Å². The molecule has 0 aromatic carbocycles. The molecular formula is C16H21FN4O3S. The van der Waals surface area contributed by atoms with Crippen molar-refractivity contribution in [2.45, 2.75) is 32.0 Å². The van der Waals surface area contributed by atoms with Crippen LogP contribution in [0.3, 0.4) is 0 Å². The van der Waals surface area contributed by atoms with Gasteiger partial charge in [0.15, 0.2) is 0 Å². The Hall–Kier alpha value is -1.84. The van der Waals surface area contributed by atoms with Crippen LogP contribution in [0, 0.1) is 5.95 Å². The minimum absolute atomic E-state index is 0.000502. The summed E-state index contributed by atoms with van der Waals surface area (Å²) in [6, 6.07) is 0.302. The van der Waals surface area contributed by atoms with E-state index in [9.17, 15) is 4.39 Å². The predicted molar refractivity (Wildman–Crippen MR) is 90.4 cm³/mol. The highest BCUT2D eigenvalue weighted by atomic mass is 32.1. The Morgan fingerprint density at radius 1 is 1.24 bits per heavy atom. The van der Waals surface area contributed by atoms with Crippen molar-refractivity contribution in [3.05, 3.63) is 28.7 Å². The van der Waals surface area contributed by atoms with Gasteiger partial charge in [0.25, 0.3) is 0 Å². The highest BCUT2D eigenvalue weighted by molar-refractivity contribution is 7.09. The molecule has 136 valence electrons. The molecule has 2 aromatic heterocycles. The van der Waals surface area contributed by atoms with E-state index in [1.807, 2.05) is 0 Å². The molecule has 0 aliphatic carbocycles. The monoisotopic (exact) mass is 368 g/mol. The average molecular weight is 368 g/mol. The van der Waals surface area contributed by atoms with Gasteiger partial charge < -0.3 is 14.2 Å². The van der Waals surface area contributed by atoms with Crippen LogP contribution in [0.15, 0.2) is 17.9 Å². The normalized spacial score (nSPS) is 20.8. The summed E-state index contributed by atoms with van der Waals surface area (Å²) in [6.45, 7) is 4.30. The summed E-state index contributed by atoms with van der Waals surface area (Å²) in [5, 5.41) is 0. The lowest BCUT2D eigenvalue weighted by Crippen LogP contribution is -2.28. The lowest BCUT2D eigenvalue weighted by Gasteiger charge is -2.19. The maximum Gasteiger partial charge on any atom is 0.232 e. The third kappa shape index (κ3) is 4.83. The summed E-state index contributed by atoms with van der Waals surface area (Å²) in [4.78, 5) is 14.9. The maximum absolute atomic E-state index is 13.5. The maximum atomic E-state index is 13.5. The molecule has 0 saturated carbocycles. The van der Waals surface area contributed by atoms with Gasteiger partial charge in [0, 0.05) is 32.7 Å². The molecule has 1 aliphatic heterocycles. The molecule has 1 aliphatic rings. The quantitative estimate of drug-likeness (QED) is 0.661. The molecule has 3 heterocycles. The van der Waals surface area contributed by atoms with Gasteiger partial charge in [0.05, 0.1) is 29.4 Å². The van der Waals surface area contributed by atoms with Crippen molar-refractivity contribution in [1.29, 1.82) is 0 Å². The lowest BCUT2D eigenvalue weighted by molar-refractivity contribution is 0.143. The SMILES string of the molecule is COCCOc1cnc(O[C@@H]2C[C@H](C)N(Cc3scnc3F)C2)cn1. The topological polar surface area (TPSA) is 69.6 Å². The van der Waals surface area contributed by atoms with Gasteiger partial charge in [-0.3, -0.25) is 4.90 Å². The Bertz CT molecular complexity index is 670. The molecule has 7 nitrogen and oxygen atoms in total. The number of nitrogens with zero attached hydrogens (tertiary/aromatic N) is 4. The Balaban J connectivity index is 1.51. The molecule has 0 unspecified atom stereocenters. The predicted octanol–water partition coefficient (Wildman–Crippen LogP) is 2.14. The van der Waals surface area contributed by atoms with Crippen molar-refractivity contribution < 1.29 is 18.6 Å². The summed E-state index contributed by atoms with van der Waals surface area (Å²) in [5.74, 6) is 0.519. The largest absolute Gasteiger partial charge is 0.474 e. The van der Waals surface area contributed by atoms with Crippen LogP contribution in [0.1, 0.15) is 18.2 Å². The first kappa shape index (κ1) is 18.0. The summed E-state index contributed by atoms with van der Waals surface area (Å²) < 4.78 is 29.7. The van der Waals surface area contributed by atoms with Crippen molar-refractivity contribution in [1.82, 2.24) is 19.9 Å². The Morgan fingerprint density at radius 2 is 2.04 bits per heavy atom. The second-order valence-corrected chi connectivity index (χ2v) is 6.79. The van der Waals surface area contributed by atoms with Gasteiger partial charge in [-0.05, 0) is 6.92 Å². The number of aromatic nitrogens is 3. The van der Waals surface area contributed by atoms with Gasteiger partial charge in [-0.15, -0.1) is 11.3 Å². The number of methoxy groups -OCH3 is 1. The number of halogens is 1. The van der Waals surface area contributed by atoms with E-state index in [4.69, 9.17) is 14.2 Å². The first-order chi connectivity index (χ1) is 12.2. The first-order valence-electron chi connectivity index (χ1n) is 8.08. The Kier molecular flexibility index (Phi) is 6.11. The molecule has 1 saturated heterocycles. The standard InChI is InChI=1S/C16H21FN4O3S/c1-11-5-12(8-21(11)9-13-16(17)20-10-25-13)24-15-7-18-14(6-19-15)23-4-3-22-2/h6-7,10-12H,3-5,8-9H2,1-2H3/t11-,12+/m0/s1. The fourth-order valence-corrected chi connectivity index (χ4v) is 3.40. The molecule has 0 radical (unpaired) electrons. The van der Waals surface area contributed by atoms with Crippen LogP contribution in [-0.2, 0) is 11.3 Å². The van der Waals surface area contributed by atoms with E-state index in [1.54, 1.807) is 13.3 Å². The molecule has 1 fully saturated rings. The number of hydrogen-bond acceptors (Lipinski definition) is 8. The van der Waals surface area contributed by atoms with Crippen molar-refractivity contribution >= 4 is 11.3 Å². The number of rotatable bonds is 8. The van der Waals surface area contributed by atoms with Crippen molar-refractivity contribution in [3.63, 3.8) is 0 Å². The molecule has 0 spiro atoms. The van der Waals surface area contributed by atoms with Crippen molar-refractivity contribution in [3.8, 4) is 11.8 Å².